The van der Waals surface area contributed by atoms with Gasteiger partial charge in [0.05, 0.1) is 0 Å². The quantitative estimate of drug-likeness (QED) is 0.196. The van der Waals surface area contributed by atoms with Gasteiger partial charge < -0.3 is 4.90 Å². The van der Waals surface area contributed by atoms with E-state index in [1.807, 2.05) is 19.1 Å². The van der Waals surface area contributed by atoms with Crippen LogP contribution < -0.4 is 4.90 Å². The lowest BCUT2D eigenvalue weighted by Gasteiger charge is -2.26. The average molecular weight is 490 g/mol. The largest absolute Gasteiger partial charge is 0.310 e. The van der Waals surface area contributed by atoms with Crippen molar-refractivity contribution in [2.45, 2.75) is 6.92 Å². The van der Waals surface area contributed by atoms with Crippen LogP contribution in [0, 0.1) is 0 Å². The van der Waals surface area contributed by atoms with Gasteiger partial charge in [0.1, 0.15) is 0 Å². The molecule has 0 saturated carbocycles. The van der Waals surface area contributed by atoms with E-state index in [1.165, 1.54) is 22.3 Å². The first-order valence-electron chi connectivity index (χ1n) is 12.9. The van der Waals surface area contributed by atoms with Crippen LogP contribution in [0.4, 0.5) is 17.1 Å². The molecule has 1 heteroatoms. The molecule has 0 unspecified atom stereocenters. The fourth-order valence-corrected chi connectivity index (χ4v) is 4.69. The molecular weight excluding hydrogens is 458 g/mol. The topological polar surface area (TPSA) is 3.24 Å². The fraction of sp³-hybridized carbons (Fsp3) is 0.0270. The van der Waals surface area contributed by atoms with Gasteiger partial charge in [-0.3, -0.25) is 0 Å². The van der Waals surface area contributed by atoms with E-state index in [0.717, 1.165) is 28.2 Å². The summed E-state index contributed by atoms with van der Waals surface area (Å²) >= 11 is 0. The standard InChI is InChI=1S/C37H31N/c1-3-12-29(13-4-2)34-18-11-19-37(28-34)38(35-24-20-32(21-25-35)30-14-7-5-8-15-30)36-26-22-33(23-27-36)31-16-9-6-10-17-31/h3-28H,1H2,2H3. The van der Waals surface area contributed by atoms with Crippen LogP contribution in [0.5, 0.6) is 0 Å². The summed E-state index contributed by atoms with van der Waals surface area (Å²) < 4.78 is 0. The number of rotatable bonds is 8. The summed E-state index contributed by atoms with van der Waals surface area (Å²) in [5.74, 6) is 0. The molecule has 0 aliphatic carbocycles. The molecule has 0 atom stereocenters. The van der Waals surface area contributed by atoms with Crippen molar-refractivity contribution in [2.24, 2.45) is 0 Å². The van der Waals surface area contributed by atoms with E-state index in [9.17, 15) is 0 Å². The van der Waals surface area contributed by atoms with Gasteiger partial charge in [-0.2, -0.15) is 0 Å². The highest BCUT2D eigenvalue weighted by molar-refractivity contribution is 5.83. The highest BCUT2D eigenvalue weighted by atomic mass is 15.1. The molecule has 0 bridgehead atoms. The lowest BCUT2D eigenvalue weighted by Crippen LogP contribution is -2.10. The van der Waals surface area contributed by atoms with Crippen molar-refractivity contribution in [3.8, 4) is 22.3 Å². The average Bonchev–Trinajstić information content (AvgIpc) is 2.99. The first kappa shape index (κ1) is 24.8. The Kier molecular flexibility index (Phi) is 7.77. The Balaban J connectivity index is 1.59. The van der Waals surface area contributed by atoms with E-state index in [0.29, 0.717) is 0 Å². The summed E-state index contributed by atoms with van der Waals surface area (Å²) in [5.41, 5.74) is 10.4. The van der Waals surface area contributed by atoms with Gasteiger partial charge in [0.2, 0.25) is 0 Å². The van der Waals surface area contributed by atoms with Crippen molar-refractivity contribution in [3.63, 3.8) is 0 Å². The summed E-state index contributed by atoms with van der Waals surface area (Å²) in [5, 5.41) is 0. The fourth-order valence-electron chi connectivity index (χ4n) is 4.69. The Morgan fingerprint density at radius 2 is 1.05 bits per heavy atom. The first-order valence-corrected chi connectivity index (χ1v) is 12.9. The SMILES string of the molecule is C=CC=C(C=CC)c1cccc(N(c2ccc(-c3ccccc3)cc2)c2ccc(-c3ccccc3)cc2)c1. The maximum absolute atomic E-state index is 3.91. The summed E-state index contributed by atoms with van der Waals surface area (Å²) in [6.07, 6.45) is 8.07. The van der Waals surface area contributed by atoms with E-state index in [4.69, 9.17) is 0 Å². The minimum Gasteiger partial charge on any atom is -0.310 e. The Morgan fingerprint density at radius 3 is 1.53 bits per heavy atom. The van der Waals surface area contributed by atoms with Crippen molar-refractivity contribution in [1.82, 2.24) is 0 Å². The summed E-state index contributed by atoms with van der Waals surface area (Å²) in [4.78, 5) is 2.31. The molecule has 0 aromatic heterocycles. The molecule has 184 valence electrons. The third kappa shape index (κ3) is 5.58. The molecule has 0 aliphatic rings. The number of hydrogen-bond acceptors (Lipinski definition) is 1. The number of benzene rings is 5. The van der Waals surface area contributed by atoms with Gasteiger partial charge in [-0.05, 0) is 76.7 Å². The lowest BCUT2D eigenvalue weighted by atomic mass is 10.0. The second-order valence-electron chi connectivity index (χ2n) is 9.07. The second-order valence-corrected chi connectivity index (χ2v) is 9.07. The van der Waals surface area contributed by atoms with Crippen LogP contribution in [0.2, 0.25) is 0 Å². The molecule has 1 nitrogen and oxygen atoms in total. The molecular formula is C37H31N. The zero-order valence-electron chi connectivity index (χ0n) is 21.7. The van der Waals surface area contributed by atoms with E-state index in [-0.39, 0.29) is 0 Å². The highest BCUT2D eigenvalue weighted by Crippen LogP contribution is 2.37. The maximum Gasteiger partial charge on any atom is 0.0467 e. The van der Waals surface area contributed by atoms with Gasteiger partial charge in [-0.15, -0.1) is 0 Å². The van der Waals surface area contributed by atoms with Crippen LogP contribution in [0.3, 0.4) is 0 Å². The molecule has 0 fully saturated rings. The Bertz CT molecular complexity index is 1460. The molecule has 0 saturated heterocycles. The maximum atomic E-state index is 3.91. The molecule has 0 aliphatic heterocycles. The second kappa shape index (κ2) is 11.9. The van der Waals surface area contributed by atoms with Crippen LogP contribution in [0.15, 0.2) is 164 Å². The van der Waals surface area contributed by atoms with Gasteiger partial charge in [-0.1, -0.05) is 128 Å². The molecule has 5 rings (SSSR count). The predicted octanol–water partition coefficient (Wildman–Crippen LogP) is 10.6. The van der Waals surface area contributed by atoms with E-state index < -0.39 is 0 Å². The van der Waals surface area contributed by atoms with Crippen molar-refractivity contribution >= 4 is 22.6 Å². The summed E-state index contributed by atoms with van der Waals surface area (Å²) in [6.45, 7) is 5.94. The van der Waals surface area contributed by atoms with Crippen LogP contribution >= 0.6 is 0 Å². The molecule has 0 N–H and O–H groups in total. The third-order valence-corrected chi connectivity index (χ3v) is 6.55. The molecule has 0 spiro atoms. The van der Waals surface area contributed by atoms with Crippen LogP contribution in [0.1, 0.15) is 12.5 Å². The minimum atomic E-state index is 1.10. The molecule has 0 radical (unpaired) electrons. The van der Waals surface area contributed by atoms with E-state index in [1.54, 1.807) is 0 Å². The van der Waals surface area contributed by atoms with Crippen LogP contribution in [0.25, 0.3) is 27.8 Å². The molecule has 0 amide bonds. The monoisotopic (exact) mass is 489 g/mol. The molecule has 5 aromatic carbocycles. The summed E-state index contributed by atoms with van der Waals surface area (Å²) in [6, 6.07) is 47.3. The highest BCUT2D eigenvalue weighted by Gasteiger charge is 2.14. The van der Waals surface area contributed by atoms with Gasteiger partial charge in [0.15, 0.2) is 0 Å². The predicted molar refractivity (Wildman–Crippen MR) is 165 cm³/mol. The zero-order chi connectivity index (χ0) is 26.2. The van der Waals surface area contributed by atoms with Crippen molar-refractivity contribution < 1.29 is 0 Å². The van der Waals surface area contributed by atoms with Crippen LogP contribution in [-0.2, 0) is 0 Å². The van der Waals surface area contributed by atoms with Crippen molar-refractivity contribution in [1.29, 1.82) is 0 Å². The molecule has 0 heterocycles. The Labute approximate surface area is 226 Å². The molecule has 38 heavy (non-hydrogen) atoms. The summed E-state index contributed by atoms with van der Waals surface area (Å²) in [7, 11) is 0. The minimum absolute atomic E-state index is 1.10. The van der Waals surface area contributed by atoms with Crippen molar-refractivity contribution in [3.05, 3.63) is 170 Å². The third-order valence-electron chi connectivity index (χ3n) is 6.55. The Hall–Kier alpha value is -4.88. The Morgan fingerprint density at radius 1 is 0.553 bits per heavy atom. The van der Waals surface area contributed by atoms with E-state index in [2.05, 4.69) is 157 Å². The number of allylic oxidation sites excluding steroid dienone is 5. The van der Waals surface area contributed by atoms with Gasteiger partial charge in [-0.25, -0.2) is 0 Å². The normalized spacial score (nSPS) is 11.4. The molecule has 5 aromatic rings. The number of nitrogens with zero attached hydrogens (tertiary/aromatic N) is 1. The van der Waals surface area contributed by atoms with Gasteiger partial charge in [0.25, 0.3) is 0 Å². The zero-order valence-corrected chi connectivity index (χ0v) is 21.7. The number of hydrogen-bond donors (Lipinski definition) is 0. The van der Waals surface area contributed by atoms with Gasteiger partial charge >= 0.3 is 0 Å². The van der Waals surface area contributed by atoms with Crippen molar-refractivity contribution in [2.75, 3.05) is 4.90 Å². The van der Waals surface area contributed by atoms with Gasteiger partial charge in [0, 0.05) is 17.1 Å². The lowest BCUT2D eigenvalue weighted by molar-refractivity contribution is 1.28. The number of anilines is 3. The van der Waals surface area contributed by atoms with Crippen LogP contribution in [-0.4, -0.2) is 0 Å². The first-order chi connectivity index (χ1) is 18.8. The smallest absolute Gasteiger partial charge is 0.0467 e. The van der Waals surface area contributed by atoms with E-state index >= 15 is 0 Å².